The van der Waals surface area contributed by atoms with Crippen molar-refractivity contribution in [1.29, 1.82) is 16.1 Å². The van der Waals surface area contributed by atoms with Crippen molar-refractivity contribution in [3.63, 3.8) is 0 Å². The van der Waals surface area contributed by atoms with Gasteiger partial charge in [-0.2, -0.15) is 17.0 Å². The van der Waals surface area contributed by atoms with Crippen molar-refractivity contribution in [3.05, 3.63) is 76.0 Å². The topological polar surface area (TPSA) is 154 Å². The molecule has 0 fully saturated rings. The number of anilines is 1. The van der Waals surface area contributed by atoms with E-state index in [9.17, 15) is 0 Å². The Morgan fingerprint density at radius 2 is 1.93 bits per heavy atom. The number of unbranched alkanes of at least 4 members (excludes halogenated alkanes) is 1. The highest BCUT2D eigenvalue weighted by atomic mass is 35.5. The number of rotatable bonds is 16. The molecule has 1 atom stereocenters. The number of nitrogens with one attached hydrogen (secondary N) is 4. The smallest absolute Gasteiger partial charge is 0.204 e. The number of hydrogen-bond donors (Lipinski definition) is 5. The van der Waals surface area contributed by atoms with Gasteiger partial charge >= 0.3 is 0 Å². The average Bonchev–Trinajstić information content (AvgIpc) is 3.40. The van der Waals surface area contributed by atoms with E-state index in [2.05, 4.69) is 50.7 Å². The molecule has 6 N–H and O–H groups in total. The largest absolute Gasteiger partial charge is 0.370 e. The first-order valence-corrected chi connectivity index (χ1v) is 15.7. The highest BCUT2D eigenvalue weighted by molar-refractivity contribution is 7.98. The third-order valence-corrected chi connectivity index (χ3v) is 8.40. The first-order valence-electron chi connectivity index (χ1n) is 13.3. The number of nitrogens with zero attached hydrogens (tertiary/aromatic N) is 5. The Kier molecular flexibility index (Phi) is 13.7. The van der Waals surface area contributed by atoms with E-state index in [1.165, 1.54) is 16.9 Å². The van der Waals surface area contributed by atoms with Gasteiger partial charge in [0.15, 0.2) is 17.3 Å². The fraction of sp³-hybridized carbons (Fsp3) is 0.393. The number of aromatic nitrogens is 2. The number of pyridine rings is 1. The second kappa shape index (κ2) is 17.4. The Hall–Kier alpha value is -3.37. The van der Waals surface area contributed by atoms with Gasteiger partial charge in [-0.3, -0.25) is 21.1 Å². The predicted molar refractivity (Wildman–Crippen MR) is 171 cm³/mol. The second-order valence-electron chi connectivity index (χ2n) is 9.47. The standard InChI is InChI=1S/C28H37ClN10S2/c1-38(15-11-24(25-6-2-3-12-34-25)21-7-9-22(29)10-8-21)13-4-5-14-39(27(33)35-20-30)16-17-40-18-23-19-41-28(36-23)37-26(31)32/h2-3,6-10,12,19,24H,4-5,11,13-18H2,1H3,(H2,33,35)(H4,31,32,36,37). The number of nitrogens with two attached hydrogens (primary N) is 1. The van der Waals surface area contributed by atoms with Gasteiger partial charge in [0.1, 0.15) is 0 Å². The van der Waals surface area contributed by atoms with E-state index < -0.39 is 0 Å². The molecule has 13 heteroatoms. The van der Waals surface area contributed by atoms with Crippen LogP contribution in [0.4, 0.5) is 5.13 Å². The van der Waals surface area contributed by atoms with Gasteiger partial charge in [-0.15, -0.1) is 11.3 Å². The zero-order valence-electron chi connectivity index (χ0n) is 23.1. The second-order valence-corrected chi connectivity index (χ2v) is 11.9. The molecule has 0 spiro atoms. The van der Waals surface area contributed by atoms with Gasteiger partial charge < -0.3 is 20.9 Å². The molecule has 1 aromatic carbocycles. The van der Waals surface area contributed by atoms with Gasteiger partial charge in [-0.1, -0.05) is 29.8 Å². The first-order chi connectivity index (χ1) is 19.9. The van der Waals surface area contributed by atoms with Crippen LogP contribution in [-0.2, 0) is 5.75 Å². The lowest BCUT2D eigenvalue weighted by Crippen LogP contribution is -2.40. The van der Waals surface area contributed by atoms with Crippen LogP contribution >= 0.6 is 34.7 Å². The zero-order valence-corrected chi connectivity index (χ0v) is 25.5. The summed E-state index contributed by atoms with van der Waals surface area (Å²) in [5.41, 5.74) is 8.54. The van der Waals surface area contributed by atoms with Crippen LogP contribution in [0.3, 0.4) is 0 Å². The van der Waals surface area contributed by atoms with Gasteiger partial charge in [-0.25, -0.2) is 4.98 Å². The lowest BCUT2D eigenvalue weighted by molar-refractivity contribution is 0.306. The molecule has 2 aromatic heterocycles. The summed E-state index contributed by atoms with van der Waals surface area (Å²) in [6, 6.07) is 14.1. The van der Waals surface area contributed by atoms with Crippen LogP contribution in [0.25, 0.3) is 0 Å². The van der Waals surface area contributed by atoms with E-state index >= 15 is 0 Å². The lowest BCUT2D eigenvalue weighted by atomic mass is 9.92. The highest BCUT2D eigenvalue weighted by Crippen LogP contribution is 2.28. The van der Waals surface area contributed by atoms with Crippen LogP contribution in [0.15, 0.2) is 54.0 Å². The zero-order chi connectivity index (χ0) is 29.5. The summed E-state index contributed by atoms with van der Waals surface area (Å²) in [6.07, 6.45) is 6.55. The number of thiazole rings is 1. The molecule has 0 amide bonds. The van der Waals surface area contributed by atoms with E-state index in [0.29, 0.717) is 18.2 Å². The summed E-state index contributed by atoms with van der Waals surface area (Å²) in [6.45, 7) is 3.23. The minimum Gasteiger partial charge on any atom is -0.370 e. The molecule has 218 valence electrons. The van der Waals surface area contributed by atoms with E-state index in [-0.39, 0.29) is 17.8 Å². The third kappa shape index (κ3) is 11.6. The number of hydrogen-bond acceptors (Lipinski definition) is 8. The molecule has 0 aliphatic heterocycles. The van der Waals surface area contributed by atoms with E-state index in [1.807, 2.05) is 46.9 Å². The highest BCUT2D eigenvalue weighted by Gasteiger charge is 2.17. The molecule has 41 heavy (non-hydrogen) atoms. The molecule has 0 aliphatic carbocycles. The summed E-state index contributed by atoms with van der Waals surface area (Å²) >= 11 is 9.25. The minimum atomic E-state index is -0.129. The van der Waals surface area contributed by atoms with Crippen LogP contribution < -0.4 is 16.4 Å². The fourth-order valence-corrected chi connectivity index (χ4v) is 6.08. The van der Waals surface area contributed by atoms with E-state index in [0.717, 1.165) is 60.3 Å². The molecule has 10 nitrogen and oxygen atoms in total. The lowest BCUT2D eigenvalue weighted by Gasteiger charge is -2.25. The minimum absolute atomic E-state index is 0.129. The third-order valence-electron chi connectivity index (χ3n) is 6.37. The summed E-state index contributed by atoms with van der Waals surface area (Å²) in [7, 11) is 2.14. The van der Waals surface area contributed by atoms with Crippen molar-refractivity contribution in [1.82, 2.24) is 25.1 Å². The first kappa shape index (κ1) is 32.1. The molecule has 3 aromatic rings. The number of nitriles is 1. The molecular formula is C28H37ClN10S2. The summed E-state index contributed by atoms with van der Waals surface area (Å²) in [5.74, 6) is 1.72. The molecule has 0 bridgehead atoms. The van der Waals surface area contributed by atoms with Crippen molar-refractivity contribution in [2.45, 2.75) is 30.9 Å². The molecular weight excluding hydrogens is 576 g/mol. The van der Waals surface area contributed by atoms with Crippen LogP contribution in [0.1, 0.15) is 42.1 Å². The maximum atomic E-state index is 9.01. The fourth-order valence-electron chi connectivity index (χ4n) is 4.27. The van der Waals surface area contributed by atoms with Gasteiger partial charge in [0.25, 0.3) is 0 Å². The monoisotopic (exact) mass is 612 g/mol. The van der Waals surface area contributed by atoms with Crippen molar-refractivity contribution in [2.75, 3.05) is 44.3 Å². The van der Waals surface area contributed by atoms with Gasteiger partial charge in [0.05, 0.1) is 5.69 Å². The molecule has 1 unspecified atom stereocenters. The van der Waals surface area contributed by atoms with E-state index in [4.69, 9.17) is 33.4 Å². The van der Waals surface area contributed by atoms with Crippen molar-refractivity contribution in [3.8, 4) is 6.19 Å². The number of thioether (sulfide) groups is 1. The van der Waals surface area contributed by atoms with Crippen LogP contribution in [0, 0.1) is 22.3 Å². The average molecular weight is 613 g/mol. The van der Waals surface area contributed by atoms with Crippen LogP contribution in [0.5, 0.6) is 0 Å². The number of halogens is 1. The van der Waals surface area contributed by atoms with Crippen molar-refractivity contribution in [2.24, 2.45) is 5.73 Å². The van der Waals surface area contributed by atoms with Crippen LogP contribution in [0.2, 0.25) is 5.02 Å². The molecule has 3 rings (SSSR count). The Balaban J connectivity index is 1.41. The Morgan fingerprint density at radius 1 is 1.15 bits per heavy atom. The van der Waals surface area contributed by atoms with Gasteiger partial charge in [0, 0.05) is 52.8 Å². The van der Waals surface area contributed by atoms with Gasteiger partial charge in [-0.05, 0) is 69.2 Å². The van der Waals surface area contributed by atoms with Crippen molar-refractivity contribution >= 4 is 51.8 Å². The summed E-state index contributed by atoms with van der Waals surface area (Å²) in [5, 5.41) is 33.0. The molecule has 0 saturated carbocycles. The quantitative estimate of drug-likeness (QED) is 0.0496. The maximum Gasteiger partial charge on any atom is 0.204 e. The van der Waals surface area contributed by atoms with Crippen LogP contribution in [-0.4, -0.2) is 70.7 Å². The molecule has 0 aliphatic rings. The number of guanidine groups is 2. The summed E-state index contributed by atoms with van der Waals surface area (Å²) in [4.78, 5) is 13.3. The maximum absolute atomic E-state index is 9.01. The SMILES string of the molecule is CN(CCCCN(CCSCc1csc(NC(=N)N)n1)C(=N)NC#N)CCC(c1ccc(Cl)cc1)c1ccccn1. The Labute approximate surface area is 255 Å². The predicted octanol–water partition coefficient (Wildman–Crippen LogP) is 4.97. The molecule has 0 radical (unpaired) electrons. The van der Waals surface area contributed by atoms with Crippen molar-refractivity contribution < 1.29 is 0 Å². The normalized spacial score (nSPS) is 11.6. The summed E-state index contributed by atoms with van der Waals surface area (Å²) < 4.78 is 0. The number of benzene rings is 1. The molecule has 2 heterocycles. The Morgan fingerprint density at radius 3 is 2.63 bits per heavy atom. The Bertz CT molecular complexity index is 1260. The molecule has 0 saturated heterocycles. The van der Waals surface area contributed by atoms with Gasteiger partial charge in [0.2, 0.25) is 5.96 Å². The van der Waals surface area contributed by atoms with E-state index in [1.54, 1.807) is 11.8 Å².